The van der Waals surface area contributed by atoms with Crippen molar-refractivity contribution in [3.05, 3.63) is 35.4 Å². The topological polar surface area (TPSA) is 40.5 Å². The van der Waals surface area contributed by atoms with Crippen molar-refractivity contribution in [3.63, 3.8) is 0 Å². The first-order chi connectivity index (χ1) is 7.67. The Kier molecular flexibility index (Phi) is 5.15. The summed E-state index contributed by atoms with van der Waals surface area (Å²) in [6, 6.07) is 7.71. The molecule has 1 N–H and O–H groups in total. The summed E-state index contributed by atoms with van der Waals surface area (Å²) in [5.41, 5.74) is 1.97. The van der Waals surface area contributed by atoms with Crippen molar-refractivity contribution < 1.29 is 9.90 Å². The van der Waals surface area contributed by atoms with Crippen LogP contribution in [0.4, 0.5) is 0 Å². The molecule has 0 unspecified atom stereocenters. The lowest BCUT2D eigenvalue weighted by Gasteiger charge is -2.13. The third-order valence-electron chi connectivity index (χ3n) is 2.58. The maximum Gasteiger partial charge on any atom is 0.176 e. The minimum absolute atomic E-state index is 0.0819. The van der Waals surface area contributed by atoms with Crippen molar-refractivity contribution in [2.75, 3.05) is 26.7 Å². The molecule has 88 valence electrons. The number of benzene rings is 1. The molecule has 0 saturated heterocycles. The third-order valence-corrected chi connectivity index (χ3v) is 2.58. The average molecular weight is 221 g/mol. The second kappa shape index (κ2) is 6.40. The van der Waals surface area contributed by atoms with Crippen molar-refractivity contribution in [1.82, 2.24) is 4.90 Å². The van der Waals surface area contributed by atoms with Crippen molar-refractivity contribution in [2.45, 2.75) is 13.3 Å². The lowest BCUT2D eigenvalue weighted by molar-refractivity contribution is 0.0936. The first kappa shape index (κ1) is 12.9. The Morgan fingerprint density at radius 1 is 1.31 bits per heavy atom. The molecule has 0 amide bonds. The van der Waals surface area contributed by atoms with E-state index >= 15 is 0 Å². The second-order valence-corrected chi connectivity index (χ2v) is 3.94. The molecule has 3 nitrogen and oxygen atoms in total. The number of Topliss-reactive ketones (excluding diaryl/α,β-unsaturated/α-hetero) is 1. The molecule has 0 saturated carbocycles. The molecule has 0 aliphatic rings. The van der Waals surface area contributed by atoms with Crippen molar-refractivity contribution >= 4 is 5.78 Å². The number of aliphatic hydroxyl groups is 1. The number of carbonyl (C=O) groups excluding carboxylic acids is 1. The summed E-state index contributed by atoms with van der Waals surface area (Å²) >= 11 is 0. The molecule has 1 aromatic rings. The molecule has 0 atom stereocenters. The minimum atomic E-state index is 0.0819. The zero-order chi connectivity index (χ0) is 12.0. The highest BCUT2D eigenvalue weighted by Crippen LogP contribution is 2.06. The Bertz CT molecular complexity index is 332. The van der Waals surface area contributed by atoms with E-state index in [1.165, 1.54) is 5.56 Å². The van der Waals surface area contributed by atoms with E-state index in [9.17, 15) is 4.79 Å². The van der Waals surface area contributed by atoms with E-state index in [1.54, 1.807) is 0 Å². The Morgan fingerprint density at radius 3 is 2.44 bits per heavy atom. The fourth-order valence-corrected chi connectivity index (χ4v) is 1.51. The highest BCUT2D eigenvalue weighted by atomic mass is 16.3. The molecule has 0 spiro atoms. The number of hydrogen-bond acceptors (Lipinski definition) is 3. The van der Waals surface area contributed by atoms with Crippen LogP contribution < -0.4 is 0 Å². The highest BCUT2D eigenvalue weighted by molar-refractivity contribution is 5.97. The number of aryl methyl sites for hydroxylation is 1. The van der Waals surface area contributed by atoms with Gasteiger partial charge in [-0.1, -0.05) is 31.2 Å². The first-order valence-corrected chi connectivity index (χ1v) is 5.59. The van der Waals surface area contributed by atoms with Gasteiger partial charge in [0.05, 0.1) is 13.2 Å². The van der Waals surface area contributed by atoms with Crippen molar-refractivity contribution in [3.8, 4) is 0 Å². The maximum absolute atomic E-state index is 11.8. The second-order valence-electron chi connectivity index (χ2n) is 3.94. The predicted octanol–water partition coefficient (Wildman–Crippen LogP) is 1.36. The number of likely N-dealkylation sites (N-methyl/N-ethyl adjacent to an activating group) is 1. The summed E-state index contributed by atoms with van der Waals surface area (Å²) in [6.45, 7) is 3.05. The number of rotatable bonds is 6. The van der Waals surface area contributed by atoms with Gasteiger partial charge in [-0.2, -0.15) is 0 Å². The molecular weight excluding hydrogens is 202 g/mol. The van der Waals surface area contributed by atoms with E-state index < -0.39 is 0 Å². The summed E-state index contributed by atoms with van der Waals surface area (Å²) in [5.74, 6) is 0.0959. The highest BCUT2D eigenvalue weighted by Gasteiger charge is 2.08. The molecule has 0 radical (unpaired) electrons. The summed E-state index contributed by atoms with van der Waals surface area (Å²) in [5, 5.41) is 8.74. The summed E-state index contributed by atoms with van der Waals surface area (Å²) in [4.78, 5) is 13.6. The molecule has 3 heteroatoms. The molecule has 0 aromatic heterocycles. The van der Waals surface area contributed by atoms with Crippen LogP contribution in [-0.2, 0) is 6.42 Å². The number of carbonyl (C=O) groups is 1. The van der Waals surface area contributed by atoms with Gasteiger partial charge in [-0.3, -0.25) is 9.69 Å². The molecule has 1 rings (SSSR count). The smallest absolute Gasteiger partial charge is 0.176 e. The van der Waals surface area contributed by atoms with Crippen molar-refractivity contribution in [2.24, 2.45) is 0 Å². The van der Waals surface area contributed by atoms with Gasteiger partial charge in [0.1, 0.15) is 0 Å². The van der Waals surface area contributed by atoms with E-state index in [-0.39, 0.29) is 12.4 Å². The van der Waals surface area contributed by atoms with E-state index in [0.717, 1.165) is 12.0 Å². The van der Waals surface area contributed by atoms with E-state index in [0.29, 0.717) is 13.1 Å². The van der Waals surface area contributed by atoms with Crippen LogP contribution >= 0.6 is 0 Å². The maximum atomic E-state index is 11.8. The molecular formula is C13H19NO2. The van der Waals surface area contributed by atoms with Gasteiger partial charge in [0.15, 0.2) is 5.78 Å². The van der Waals surface area contributed by atoms with E-state index in [2.05, 4.69) is 6.92 Å². The largest absolute Gasteiger partial charge is 0.395 e. The first-order valence-electron chi connectivity index (χ1n) is 5.59. The molecule has 16 heavy (non-hydrogen) atoms. The molecule has 1 aromatic carbocycles. The minimum Gasteiger partial charge on any atom is -0.395 e. The monoisotopic (exact) mass is 221 g/mol. The number of ketones is 1. The fraction of sp³-hybridized carbons (Fsp3) is 0.462. The Hall–Kier alpha value is -1.19. The van der Waals surface area contributed by atoms with Gasteiger partial charge in [-0.15, -0.1) is 0 Å². The van der Waals surface area contributed by atoms with E-state index in [4.69, 9.17) is 5.11 Å². The van der Waals surface area contributed by atoms with Gasteiger partial charge in [0, 0.05) is 12.1 Å². The lowest BCUT2D eigenvalue weighted by Crippen LogP contribution is -2.28. The average Bonchev–Trinajstić information content (AvgIpc) is 2.29. The van der Waals surface area contributed by atoms with Gasteiger partial charge >= 0.3 is 0 Å². The molecule has 0 fully saturated rings. The Labute approximate surface area is 96.7 Å². The standard InChI is InChI=1S/C13H19NO2/c1-3-11-4-6-12(7-5-11)13(16)10-14(2)8-9-15/h4-7,15H,3,8-10H2,1-2H3. The SMILES string of the molecule is CCc1ccc(C(=O)CN(C)CCO)cc1. The number of aliphatic hydroxyl groups excluding tert-OH is 1. The van der Waals surface area contributed by atoms with Crippen LogP contribution in [0.15, 0.2) is 24.3 Å². The third kappa shape index (κ3) is 3.76. The van der Waals surface area contributed by atoms with Gasteiger partial charge in [0.25, 0.3) is 0 Å². The Balaban J connectivity index is 2.59. The normalized spacial score (nSPS) is 10.8. The van der Waals surface area contributed by atoms with Crippen LogP contribution in [-0.4, -0.2) is 42.5 Å². The quantitative estimate of drug-likeness (QED) is 0.737. The van der Waals surface area contributed by atoms with Gasteiger partial charge < -0.3 is 5.11 Å². The van der Waals surface area contributed by atoms with Crippen LogP contribution in [0, 0.1) is 0 Å². The summed E-state index contributed by atoms with van der Waals surface area (Å²) in [6.07, 6.45) is 0.985. The molecule has 0 aliphatic carbocycles. The number of nitrogens with zero attached hydrogens (tertiary/aromatic N) is 1. The zero-order valence-electron chi connectivity index (χ0n) is 9.94. The van der Waals surface area contributed by atoms with Crippen LogP contribution in [0.3, 0.4) is 0 Å². The van der Waals surface area contributed by atoms with E-state index in [1.807, 2.05) is 36.2 Å². The van der Waals surface area contributed by atoms with Gasteiger partial charge in [-0.05, 0) is 19.0 Å². The van der Waals surface area contributed by atoms with Crippen LogP contribution in [0.1, 0.15) is 22.8 Å². The van der Waals surface area contributed by atoms with Crippen LogP contribution in [0.25, 0.3) is 0 Å². The predicted molar refractivity (Wildman–Crippen MR) is 64.7 cm³/mol. The molecule has 0 heterocycles. The summed E-state index contributed by atoms with van der Waals surface area (Å²) in [7, 11) is 1.83. The van der Waals surface area contributed by atoms with Crippen LogP contribution in [0.2, 0.25) is 0 Å². The Morgan fingerprint density at radius 2 is 1.94 bits per heavy atom. The summed E-state index contributed by atoms with van der Waals surface area (Å²) < 4.78 is 0. The zero-order valence-corrected chi connectivity index (χ0v) is 9.94. The number of hydrogen-bond donors (Lipinski definition) is 1. The van der Waals surface area contributed by atoms with Crippen LogP contribution in [0.5, 0.6) is 0 Å². The lowest BCUT2D eigenvalue weighted by atomic mass is 10.1. The van der Waals surface area contributed by atoms with Gasteiger partial charge in [-0.25, -0.2) is 0 Å². The molecule has 0 bridgehead atoms. The fourth-order valence-electron chi connectivity index (χ4n) is 1.51. The molecule has 0 aliphatic heterocycles. The van der Waals surface area contributed by atoms with Crippen molar-refractivity contribution in [1.29, 1.82) is 0 Å². The van der Waals surface area contributed by atoms with Gasteiger partial charge in [0.2, 0.25) is 0 Å².